The smallest absolute Gasteiger partial charge is 0.393 e. The van der Waals surface area contributed by atoms with Gasteiger partial charge in [0.15, 0.2) is 5.65 Å². The number of nitrogens with zero attached hydrogens (tertiary/aromatic N) is 3. The number of alkyl halides is 3. The van der Waals surface area contributed by atoms with E-state index in [1.54, 1.807) is 22.7 Å². The Labute approximate surface area is 160 Å². The monoisotopic (exact) mass is 390 g/mol. The molecule has 2 atom stereocenters. The molecule has 148 valence electrons. The maximum Gasteiger partial charge on any atom is 0.416 e. The van der Waals surface area contributed by atoms with Gasteiger partial charge in [0.05, 0.1) is 23.6 Å². The van der Waals surface area contributed by atoms with Gasteiger partial charge in [0, 0.05) is 11.6 Å². The predicted octanol–water partition coefficient (Wildman–Crippen LogP) is 4.52. The van der Waals surface area contributed by atoms with Crippen molar-refractivity contribution in [3.63, 3.8) is 0 Å². The van der Waals surface area contributed by atoms with E-state index in [1.807, 2.05) is 0 Å². The lowest BCUT2D eigenvalue weighted by molar-refractivity contribution is -0.137. The Balaban J connectivity index is 1.65. The molecule has 8 heteroatoms. The van der Waals surface area contributed by atoms with Crippen LogP contribution in [0.5, 0.6) is 0 Å². The van der Waals surface area contributed by atoms with Crippen molar-refractivity contribution in [3.05, 3.63) is 48.2 Å². The number of benzene rings is 1. The molecule has 0 aliphatic heterocycles. The molecule has 1 aliphatic carbocycles. The van der Waals surface area contributed by atoms with E-state index < -0.39 is 11.7 Å². The van der Waals surface area contributed by atoms with Gasteiger partial charge in [-0.3, -0.25) is 0 Å². The molecule has 1 aliphatic rings. The van der Waals surface area contributed by atoms with Crippen molar-refractivity contribution >= 4 is 11.5 Å². The van der Waals surface area contributed by atoms with E-state index in [4.69, 9.17) is 0 Å². The number of imidazole rings is 1. The van der Waals surface area contributed by atoms with Gasteiger partial charge in [-0.2, -0.15) is 13.2 Å². The minimum Gasteiger partial charge on any atom is -0.393 e. The molecule has 1 saturated carbocycles. The van der Waals surface area contributed by atoms with Crippen LogP contribution in [0.3, 0.4) is 0 Å². The van der Waals surface area contributed by atoms with E-state index in [1.165, 1.54) is 12.3 Å². The fourth-order valence-corrected chi connectivity index (χ4v) is 3.68. The highest BCUT2D eigenvalue weighted by Gasteiger charge is 2.30. The molecule has 1 aromatic carbocycles. The Morgan fingerprint density at radius 1 is 1.11 bits per heavy atom. The third kappa shape index (κ3) is 3.96. The second-order valence-corrected chi connectivity index (χ2v) is 7.23. The first kappa shape index (κ1) is 18.7. The molecule has 2 heterocycles. The van der Waals surface area contributed by atoms with E-state index in [0.717, 1.165) is 37.8 Å². The number of aliphatic hydroxyl groups is 1. The topological polar surface area (TPSA) is 62.5 Å². The molecule has 0 unspecified atom stereocenters. The Hall–Kier alpha value is -2.61. The maximum absolute atomic E-state index is 13.0. The summed E-state index contributed by atoms with van der Waals surface area (Å²) in [6.07, 6.45) is 1.26. The van der Waals surface area contributed by atoms with Crippen LogP contribution in [0.1, 0.15) is 37.7 Å². The average molecular weight is 390 g/mol. The number of anilines is 1. The first-order valence-electron chi connectivity index (χ1n) is 9.37. The summed E-state index contributed by atoms with van der Waals surface area (Å²) in [5.74, 6) is 0.609. The SMILES string of the molecule is O[C@H]1CCCC[C@@H](Nc2ccc3ncc(-c4cccc(C(F)(F)F)c4)n3n2)C1. The van der Waals surface area contributed by atoms with E-state index in [0.29, 0.717) is 29.1 Å². The Morgan fingerprint density at radius 3 is 2.75 bits per heavy atom. The lowest BCUT2D eigenvalue weighted by Crippen LogP contribution is -2.24. The van der Waals surface area contributed by atoms with Crippen LogP contribution in [-0.4, -0.2) is 31.9 Å². The molecular formula is C20H21F3N4O. The van der Waals surface area contributed by atoms with Crippen molar-refractivity contribution in [1.82, 2.24) is 14.6 Å². The lowest BCUT2D eigenvalue weighted by Gasteiger charge is -2.19. The van der Waals surface area contributed by atoms with E-state index >= 15 is 0 Å². The predicted molar refractivity (Wildman–Crippen MR) is 99.9 cm³/mol. The minimum absolute atomic E-state index is 0.114. The van der Waals surface area contributed by atoms with Crippen LogP contribution >= 0.6 is 0 Å². The van der Waals surface area contributed by atoms with E-state index in [2.05, 4.69) is 15.4 Å². The second-order valence-electron chi connectivity index (χ2n) is 7.23. The molecule has 28 heavy (non-hydrogen) atoms. The van der Waals surface area contributed by atoms with Crippen molar-refractivity contribution in [2.45, 2.75) is 50.4 Å². The van der Waals surface area contributed by atoms with Crippen molar-refractivity contribution in [1.29, 1.82) is 0 Å². The molecule has 0 bridgehead atoms. The zero-order valence-corrected chi connectivity index (χ0v) is 15.2. The van der Waals surface area contributed by atoms with Crippen LogP contribution in [0.25, 0.3) is 16.9 Å². The molecule has 2 N–H and O–H groups in total. The summed E-state index contributed by atoms with van der Waals surface area (Å²) in [5.41, 5.74) is 0.739. The average Bonchev–Trinajstić information content (AvgIpc) is 2.96. The number of aliphatic hydroxyl groups excluding tert-OH is 1. The number of hydrogen-bond acceptors (Lipinski definition) is 4. The number of fused-ring (bicyclic) bond motifs is 1. The largest absolute Gasteiger partial charge is 0.416 e. The highest BCUT2D eigenvalue weighted by Crippen LogP contribution is 2.32. The second kappa shape index (κ2) is 7.43. The van der Waals surface area contributed by atoms with Crippen LogP contribution in [0.15, 0.2) is 42.6 Å². The fourth-order valence-electron chi connectivity index (χ4n) is 3.68. The molecule has 0 saturated heterocycles. The Kier molecular flexibility index (Phi) is 4.97. The maximum atomic E-state index is 13.0. The summed E-state index contributed by atoms with van der Waals surface area (Å²) in [6.45, 7) is 0. The summed E-state index contributed by atoms with van der Waals surface area (Å²) >= 11 is 0. The van der Waals surface area contributed by atoms with Crippen molar-refractivity contribution in [3.8, 4) is 11.3 Å². The minimum atomic E-state index is -4.41. The van der Waals surface area contributed by atoms with Gasteiger partial charge in [0.25, 0.3) is 0 Å². The summed E-state index contributed by atoms with van der Waals surface area (Å²) in [5, 5.41) is 17.9. The summed E-state index contributed by atoms with van der Waals surface area (Å²) in [7, 11) is 0. The van der Waals surface area contributed by atoms with Crippen LogP contribution < -0.4 is 5.32 Å². The molecule has 0 amide bonds. The molecule has 2 aromatic heterocycles. The van der Waals surface area contributed by atoms with Crippen molar-refractivity contribution < 1.29 is 18.3 Å². The molecule has 5 nitrogen and oxygen atoms in total. The zero-order chi connectivity index (χ0) is 19.7. The first-order valence-corrected chi connectivity index (χ1v) is 9.37. The van der Waals surface area contributed by atoms with Crippen LogP contribution in [-0.2, 0) is 6.18 Å². The van der Waals surface area contributed by atoms with Gasteiger partial charge in [0.1, 0.15) is 5.82 Å². The summed E-state index contributed by atoms with van der Waals surface area (Å²) in [4.78, 5) is 4.25. The van der Waals surface area contributed by atoms with Gasteiger partial charge in [0.2, 0.25) is 0 Å². The third-order valence-electron chi connectivity index (χ3n) is 5.10. The van der Waals surface area contributed by atoms with E-state index in [9.17, 15) is 18.3 Å². The molecule has 0 spiro atoms. The van der Waals surface area contributed by atoms with Gasteiger partial charge in [-0.15, -0.1) is 5.10 Å². The van der Waals surface area contributed by atoms with Gasteiger partial charge in [-0.25, -0.2) is 9.50 Å². The quantitative estimate of drug-likeness (QED) is 0.646. The molecule has 3 aromatic rings. The highest BCUT2D eigenvalue weighted by molar-refractivity contribution is 5.64. The fraction of sp³-hybridized carbons (Fsp3) is 0.400. The normalized spacial score (nSPS) is 20.9. The highest BCUT2D eigenvalue weighted by atomic mass is 19.4. The standard InChI is InChI=1S/C20H21F3N4O/c21-20(22,23)14-5-3-4-13(10-14)17-12-24-19-9-8-18(26-27(17)19)25-15-6-1-2-7-16(28)11-15/h3-5,8-10,12,15-16,28H,1-2,6-7,11H2,(H,25,26)/t15-,16+/m1/s1. The third-order valence-corrected chi connectivity index (χ3v) is 5.10. The van der Waals surface area contributed by atoms with E-state index in [-0.39, 0.29) is 12.1 Å². The van der Waals surface area contributed by atoms with Crippen molar-refractivity contribution in [2.24, 2.45) is 0 Å². The molecule has 4 rings (SSSR count). The van der Waals surface area contributed by atoms with Crippen molar-refractivity contribution in [2.75, 3.05) is 5.32 Å². The van der Waals surface area contributed by atoms with Gasteiger partial charge < -0.3 is 10.4 Å². The number of rotatable bonds is 3. The van der Waals surface area contributed by atoms with Crippen LogP contribution in [0.4, 0.5) is 19.0 Å². The van der Waals surface area contributed by atoms with Crippen LogP contribution in [0.2, 0.25) is 0 Å². The number of aromatic nitrogens is 3. The number of hydrogen-bond donors (Lipinski definition) is 2. The zero-order valence-electron chi connectivity index (χ0n) is 15.2. The van der Waals surface area contributed by atoms with Gasteiger partial charge in [-0.1, -0.05) is 25.0 Å². The lowest BCUT2D eigenvalue weighted by atomic mass is 10.1. The Bertz CT molecular complexity index is 969. The summed E-state index contributed by atoms with van der Waals surface area (Å²) < 4.78 is 40.7. The first-order chi connectivity index (χ1) is 13.4. The van der Waals surface area contributed by atoms with Gasteiger partial charge in [-0.05, 0) is 43.5 Å². The van der Waals surface area contributed by atoms with Crippen LogP contribution in [0, 0.1) is 0 Å². The molecular weight excluding hydrogens is 369 g/mol. The number of halogens is 3. The molecule has 0 radical (unpaired) electrons. The molecule has 1 fully saturated rings. The van der Waals surface area contributed by atoms with Gasteiger partial charge >= 0.3 is 6.18 Å². The summed E-state index contributed by atoms with van der Waals surface area (Å²) in [6, 6.07) is 8.84. The number of nitrogens with one attached hydrogen (secondary N) is 1. The Morgan fingerprint density at radius 2 is 1.93 bits per heavy atom.